The highest BCUT2D eigenvalue weighted by Gasteiger charge is 2.35. The van der Waals surface area contributed by atoms with Crippen molar-refractivity contribution in [3.8, 4) is 0 Å². The van der Waals surface area contributed by atoms with Gasteiger partial charge >= 0.3 is 0 Å². The van der Waals surface area contributed by atoms with Gasteiger partial charge in [0.1, 0.15) is 5.60 Å². The third kappa shape index (κ3) is 2.61. The molecule has 0 aliphatic heterocycles. The first-order valence-electron chi connectivity index (χ1n) is 6.76. The number of rotatable bonds is 3. The second kappa shape index (κ2) is 6.09. The maximum atomic E-state index is 11.5. The quantitative estimate of drug-likeness (QED) is 0.757. The second-order valence-corrected chi connectivity index (χ2v) is 5.78. The zero-order valence-electron chi connectivity index (χ0n) is 11.6. The summed E-state index contributed by atoms with van der Waals surface area (Å²) in [5, 5.41) is 12.6. The summed E-state index contributed by atoms with van der Waals surface area (Å²) >= 11 is 12.3. The predicted molar refractivity (Wildman–Crippen MR) is 89.2 cm³/mol. The maximum absolute atomic E-state index is 11.5. The van der Waals surface area contributed by atoms with Crippen LogP contribution in [-0.4, -0.2) is 10.1 Å². The van der Waals surface area contributed by atoms with Crippen LogP contribution in [0.4, 0.5) is 0 Å². The fraction of sp³-hybridized carbons (Fsp3) is 0.0556. The van der Waals surface area contributed by atoms with Crippen molar-refractivity contribution in [1.29, 1.82) is 0 Å². The van der Waals surface area contributed by atoms with E-state index in [1.165, 1.54) is 0 Å². The molecule has 22 heavy (non-hydrogen) atoms. The molecule has 2 aromatic carbocycles. The summed E-state index contributed by atoms with van der Waals surface area (Å²) in [5.74, 6) is 0. The Balaban J connectivity index is 2.27. The highest BCUT2D eigenvalue weighted by atomic mass is 35.5. The Bertz CT molecular complexity index is 775. The molecule has 110 valence electrons. The average Bonchev–Trinajstić information content (AvgIpc) is 2.56. The summed E-state index contributed by atoms with van der Waals surface area (Å²) in [4.78, 5) is 4.12. The molecule has 0 radical (unpaired) electrons. The summed E-state index contributed by atoms with van der Waals surface area (Å²) in [6.45, 7) is 0. The lowest BCUT2D eigenvalue weighted by molar-refractivity contribution is 0.125. The first-order chi connectivity index (χ1) is 10.6. The fourth-order valence-electron chi connectivity index (χ4n) is 2.50. The Morgan fingerprint density at radius 2 is 1.55 bits per heavy atom. The number of pyridine rings is 1. The van der Waals surface area contributed by atoms with E-state index in [0.29, 0.717) is 26.7 Å². The highest BCUT2D eigenvalue weighted by Crippen LogP contribution is 2.39. The van der Waals surface area contributed by atoms with Crippen LogP contribution < -0.4 is 0 Å². The van der Waals surface area contributed by atoms with E-state index < -0.39 is 5.60 Å². The average molecular weight is 330 g/mol. The largest absolute Gasteiger partial charge is 0.376 e. The molecule has 0 aliphatic rings. The zero-order valence-corrected chi connectivity index (χ0v) is 13.1. The molecule has 2 nitrogen and oxygen atoms in total. The van der Waals surface area contributed by atoms with Crippen molar-refractivity contribution in [2.75, 3.05) is 0 Å². The summed E-state index contributed by atoms with van der Waals surface area (Å²) < 4.78 is 0. The molecule has 1 N–H and O–H groups in total. The van der Waals surface area contributed by atoms with Crippen molar-refractivity contribution in [2.24, 2.45) is 0 Å². The van der Waals surface area contributed by atoms with Crippen LogP contribution >= 0.6 is 23.2 Å². The van der Waals surface area contributed by atoms with Crippen molar-refractivity contribution in [3.63, 3.8) is 0 Å². The third-order valence-corrected chi connectivity index (χ3v) is 4.19. The van der Waals surface area contributed by atoms with Gasteiger partial charge < -0.3 is 5.11 Å². The van der Waals surface area contributed by atoms with Crippen LogP contribution in [-0.2, 0) is 5.60 Å². The lowest BCUT2D eigenvalue weighted by Gasteiger charge is -2.30. The maximum Gasteiger partial charge on any atom is 0.143 e. The van der Waals surface area contributed by atoms with Gasteiger partial charge in [-0.25, -0.2) is 0 Å². The molecule has 1 heterocycles. The highest BCUT2D eigenvalue weighted by molar-refractivity contribution is 6.31. The topological polar surface area (TPSA) is 33.1 Å². The van der Waals surface area contributed by atoms with E-state index >= 15 is 0 Å². The number of halogens is 2. The lowest BCUT2D eigenvalue weighted by atomic mass is 9.81. The molecule has 0 aliphatic carbocycles. The normalized spacial score (nSPS) is 13.6. The van der Waals surface area contributed by atoms with Gasteiger partial charge in [0, 0.05) is 33.6 Å². The van der Waals surface area contributed by atoms with Gasteiger partial charge in [-0.15, -0.1) is 0 Å². The van der Waals surface area contributed by atoms with Crippen LogP contribution in [0.5, 0.6) is 0 Å². The molecule has 0 saturated heterocycles. The van der Waals surface area contributed by atoms with Crippen molar-refractivity contribution in [2.45, 2.75) is 5.60 Å². The minimum atomic E-state index is -1.39. The van der Waals surface area contributed by atoms with Crippen molar-refractivity contribution < 1.29 is 5.11 Å². The van der Waals surface area contributed by atoms with Gasteiger partial charge in [-0.1, -0.05) is 59.6 Å². The van der Waals surface area contributed by atoms with E-state index in [2.05, 4.69) is 4.98 Å². The monoisotopic (exact) mass is 329 g/mol. The van der Waals surface area contributed by atoms with Gasteiger partial charge in [-0.05, 0) is 29.8 Å². The SMILES string of the molecule is O[C@@](c1ccc(Cl)cc1)(c1cccnc1)c1ccccc1Cl. The first-order valence-corrected chi connectivity index (χ1v) is 7.52. The summed E-state index contributed by atoms with van der Waals surface area (Å²) in [6, 6.07) is 17.9. The van der Waals surface area contributed by atoms with E-state index in [1.54, 1.807) is 48.8 Å². The molecule has 1 atom stereocenters. The Labute approximate surface area is 139 Å². The van der Waals surface area contributed by atoms with Gasteiger partial charge in [-0.3, -0.25) is 4.98 Å². The molecule has 0 amide bonds. The van der Waals surface area contributed by atoms with Crippen LogP contribution in [0.2, 0.25) is 10.0 Å². The molecule has 4 heteroatoms. The smallest absolute Gasteiger partial charge is 0.143 e. The van der Waals surface area contributed by atoms with E-state index in [0.717, 1.165) is 0 Å². The van der Waals surface area contributed by atoms with Gasteiger partial charge in [0.15, 0.2) is 0 Å². The summed E-state index contributed by atoms with van der Waals surface area (Å²) in [7, 11) is 0. The minimum Gasteiger partial charge on any atom is -0.376 e. The number of benzene rings is 2. The molecule has 0 spiro atoms. The lowest BCUT2D eigenvalue weighted by Crippen LogP contribution is -2.29. The van der Waals surface area contributed by atoms with Crippen molar-refractivity contribution >= 4 is 23.2 Å². The number of nitrogens with zero attached hydrogens (tertiary/aromatic N) is 1. The molecule has 1 aromatic heterocycles. The van der Waals surface area contributed by atoms with Crippen LogP contribution in [0.3, 0.4) is 0 Å². The molecule has 0 saturated carbocycles. The molecule has 0 unspecified atom stereocenters. The minimum absolute atomic E-state index is 0.490. The number of hydrogen-bond acceptors (Lipinski definition) is 2. The van der Waals surface area contributed by atoms with E-state index in [4.69, 9.17) is 23.2 Å². The second-order valence-electron chi connectivity index (χ2n) is 4.94. The predicted octanol–water partition coefficient (Wildman–Crippen LogP) is 4.67. The molecule has 0 bridgehead atoms. The molecule has 3 rings (SSSR count). The number of aliphatic hydroxyl groups is 1. The summed E-state index contributed by atoms with van der Waals surface area (Å²) in [6.07, 6.45) is 3.30. The molecular formula is C18H13Cl2NO. The summed E-state index contributed by atoms with van der Waals surface area (Å²) in [5.41, 5.74) is 0.535. The Morgan fingerprint density at radius 3 is 2.18 bits per heavy atom. The van der Waals surface area contributed by atoms with Crippen molar-refractivity contribution in [3.05, 3.63) is 99.8 Å². The Morgan fingerprint density at radius 1 is 0.818 bits per heavy atom. The Hall–Kier alpha value is -1.87. The van der Waals surface area contributed by atoms with Crippen LogP contribution in [0, 0.1) is 0 Å². The number of hydrogen-bond donors (Lipinski definition) is 1. The van der Waals surface area contributed by atoms with E-state index in [1.807, 2.05) is 24.3 Å². The van der Waals surface area contributed by atoms with Crippen LogP contribution in [0.25, 0.3) is 0 Å². The van der Waals surface area contributed by atoms with Gasteiger partial charge in [0.05, 0.1) is 0 Å². The standard InChI is InChI=1S/C18H13Cl2NO/c19-15-9-7-13(8-10-15)18(22,14-4-3-11-21-12-14)16-5-1-2-6-17(16)20/h1-12,22H/t18-/m0/s1. The fourth-order valence-corrected chi connectivity index (χ4v) is 2.90. The van der Waals surface area contributed by atoms with Crippen molar-refractivity contribution in [1.82, 2.24) is 4.98 Å². The third-order valence-electron chi connectivity index (χ3n) is 3.60. The molecule has 0 fully saturated rings. The van der Waals surface area contributed by atoms with E-state index in [9.17, 15) is 5.11 Å². The Kier molecular flexibility index (Phi) is 4.16. The van der Waals surface area contributed by atoms with Gasteiger partial charge in [0.2, 0.25) is 0 Å². The molecule has 3 aromatic rings. The zero-order chi connectivity index (χ0) is 15.6. The van der Waals surface area contributed by atoms with E-state index in [-0.39, 0.29) is 0 Å². The first kappa shape index (κ1) is 15.0. The van der Waals surface area contributed by atoms with Gasteiger partial charge in [0.25, 0.3) is 0 Å². The van der Waals surface area contributed by atoms with Gasteiger partial charge in [-0.2, -0.15) is 0 Å². The van der Waals surface area contributed by atoms with Crippen LogP contribution in [0.1, 0.15) is 16.7 Å². The number of aromatic nitrogens is 1. The molecular weight excluding hydrogens is 317 g/mol. The van der Waals surface area contributed by atoms with Crippen LogP contribution in [0.15, 0.2) is 73.1 Å².